The van der Waals surface area contributed by atoms with Crippen LogP contribution in [0.4, 0.5) is 10.5 Å². The van der Waals surface area contributed by atoms with Gasteiger partial charge in [0.1, 0.15) is 5.60 Å². The number of likely N-dealkylation sites (N-methyl/N-ethyl adjacent to an activating group) is 1. The average Bonchev–Trinajstić information content (AvgIpc) is 3.07. The number of amides is 2. The van der Waals surface area contributed by atoms with Crippen LogP contribution in [0.3, 0.4) is 0 Å². The molecule has 0 bridgehead atoms. The zero-order chi connectivity index (χ0) is 18.4. The van der Waals surface area contributed by atoms with E-state index in [1.807, 2.05) is 39.4 Å². The summed E-state index contributed by atoms with van der Waals surface area (Å²) in [5.41, 5.74) is 1.14. The molecule has 2 aliphatic rings. The summed E-state index contributed by atoms with van der Waals surface area (Å²) in [6.45, 7) is 9.15. The van der Waals surface area contributed by atoms with E-state index in [1.165, 1.54) is 0 Å². The van der Waals surface area contributed by atoms with Gasteiger partial charge in [0.25, 0.3) is 0 Å². The molecule has 1 aromatic rings. The molecule has 8 heteroatoms. The molecule has 0 spiro atoms. The Morgan fingerprint density at radius 1 is 1.36 bits per heavy atom. The maximum atomic E-state index is 12.5. The molecule has 0 radical (unpaired) electrons. The Hall–Kier alpha value is -2.09. The maximum Gasteiger partial charge on any atom is 0.410 e. The van der Waals surface area contributed by atoms with E-state index in [4.69, 9.17) is 4.74 Å². The van der Waals surface area contributed by atoms with E-state index >= 15 is 0 Å². The molecule has 2 atom stereocenters. The number of fused-ring (bicyclic) bond motifs is 1. The van der Waals surface area contributed by atoms with E-state index in [1.54, 1.807) is 16.0 Å². The van der Waals surface area contributed by atoms with E-state index in [0.29, 0.717) is 26.1 Å². The summed E-state index contributed by atoms with van der Waals surface area (Å²) in [4.78, 5) is 28.4. The quantitative estimate of drug-likeness (QED) is 0.872. The van der Waals surface area contributed by atoms with Crippen LogP contribution in [-0.2, 0) is 22.6 Å². The highest BCUT2D eigenvalue weighted by Gasteiger charge is 2.37. The normalized spacial score (nSPS) is 23.8. The molecule has 2 amide bonds. The third-order valence-electron chi connectivity index (χ3n) is 4.67. The molecule has 2 aliphatic heterocycles. The molecule has 1 fully saturated rings. The molecule has 1 aromatic heterocycles. The van der Waals surface area contributed by atoms with Crippen LogP contribution >= 0.6 is 0 Å². The number of carbonyl (C=O) groups is 2. The van der Waals surface area contributed by atoms with E-state index < -0.39 is 5.60 Å². The van der Waals surface area contributed by atoms with Gasteiger partial charge in [0.05, 0.1) is 36.7 Å². The smallest absolute Gasteiger partial charge is 0.410 e. The number of aromatic nitrogens is 2. The molecule has 2 unspecified atom stereocenters. The van der Waals surface area contributed by atoms with Crippen molar-refractivity contribution >= 4 is 17.7 Å². The highest BCUT2D eigenvalue weighted by Crippen LogP contribution is 2.30. The maximum absolute atomic E-state index is 12.5. The van der Waals surface area contributed by atoms with Gasteiger partial charge in [0, 0.05) is 19.0 Å². The van der Waals surface area contributed by atoms with Gasteiger partial charge in [0.2, 0.25) is 5.91 Å². The zero-order valence-corrected chi connectivity index (χ0v) is 15.6. The van der Waals surface area contributed by atoms with Crippen molar-refractivity contribution in [1.82, 2.24) is 20.0 Å². The van der Waals surface area contributed by atoms with E-state index in [9.17, 15) is 9.59 Å². The predicted octanol–water partition coefficient (Wildman–Crippen LogP) is 1.35. The number of rotatable bonds is 2. The predicted molar refractivity (Wildman–Crippen MR) is 93.3 cm³/mol. The van der Waals surface area contributed by atoms with Crippen LogP contribution in [-0.4, -0.2) is 58.0 Å². The fourth-order valence-corrected chi connectivity index (χ4v) is 3.31. The summed E-state index contributed by atoms with van der Waals surface area (Å²) >= 11 is 0. The van der Waals surface area contributed by atoms with Crippen LogP contribution < -0.4 is 10.2 Å². The minimum Gasteiger partial charge on any atom is -0.444 e. The van der Waals surface area contributed by atoms with Gasteiger partial charge in [-0.3, -0.25) is 14.4 Å². The van der Waals surface area contributed by atoms with Crippen molar-refractivity contribution < 1.29 is 14.3 Å². The molecule has 3 heterocycles. The second kappa shape index (κ2) is 6.33. The minimum atomic E-state index is -0.539. The van der Waals surface area contributed by atoms with Gasteiger partial charge in [-0.25, -0.2) is 4.79 Å². The number of hydrogen-bond acceptors (Lipinski definition) is 5. The number of ether oxygens (including phenoxy) is 1. The first-order valence-electron chi connectivity index (χ1n) is 8.71. The largest absolute Gasteiger partial charge is 0.444 e. The summed E-state index contributed by atoms with van der Waals surface area (Å²) < 4.78 is 7.42. The summed E-state index contributed by atoms with van der Waals surface area (Å²) in [5.74, 6) is 0.0811. The SMILES string of the molecule is CNC1CC(=O)N(c2cnn3c2CN(C(=O)OC(C)(C)C)C(C)C3)C1. The average molecular weight is 349 g/mol. The van der Waals surface area contributed by atoms with Crippen LogP contribution in [0, 0.1) is 0 Å². The van der Waals surface area contributed by atoms with E-state index in [2.05, 4.69) is 10.4 Å². The number of nitrogens with one attached hydrogen (secondary N) is 1. The van der Waals surface area contributed by atoms with Gasteiger partial charge in [-0.05, 0) is 34.7 Å². The second-order valence-electron chi connectivity index (χ2n) is 7.81. The fraction of sp³-hybridized carbons (Fsp3) is 0.706. The first-order valence-corrected chi connectivity index (χ1v) is 8.71. The van der Waals surface area contributed by atoms with Crippen LogP contribution in [0.25, 0.3) is 0 Å². The topological polar surface area (TPSA) is 79.7 Å². The molecule has 0 aromatic carbocycles. The first-order chi connectivity index (χ1) is 11.7. The molecule has 8 nitrogen and oxygen atoms in total. The van der Waals surface area contributed by atoms with Crippen molar-refractivity contribution in [2.45, 2.75) is 64.9 Å². The van der Waals surface area contributed by atoms with Crippen LogP contribution in [0.1, 0.15) is 39.8 Å². The van der Waals surface area contributed by atoms with Crippen molar-refractivity contribution in [1.29, 1.82) is 0 Å². The van der Waals surface area contributed by atoms with Gasteiger partial charge in [-0.1, -0.05) is 0 Å². The molecule has 3 rings (SSSR count). The Morgan fingerprint density at radius 3 is 2.68 bits per heavy atom. The molecular weight excluding hydrogens is 322 g/mol. The number of nitrogens with zero attached hydrogens (tertiary/aromatic N) is 4. The van der Waals surface area contributed by atoms with E-state index in [-0.39, 0.29) is 24.1 Å². The van der Waals surface area contributed by atoms with Crippen molar-refractivity contribution in [2.75, 3.05) is 18.5 Å². The monoisotopic (exact) mass is 349 g/mol. The molecule has 1 N–H and O–H groups in total. The summed E-state index contributed by atoms with van der Waals surface area (Å²) in [6, 6.07) is 0.127. The van der Waals surface area contributed by atoms with Crippen molar-refractivity contribution in [2.24, 2.45) is 0 Å². The summed E-state index contributed by atoms with van der Waals surface area (Å²) in [6.07, 6.45) is 1.88. The Kier molecular flexibility index (Phi) is 4.49. The van der Waals surface area contributed by atoms with Gasteiger partial charge in [0.15, 0.2) is 0 Å². The standard InChI is InChI=1S/C17H27N5O3/c1-11-8-22-14(10-20(11)16(24)25-17(2,3)4)13(7-19-22)21-9-12(18-5)6-15(21)23/h7,11-12,18H,6,8-10H2,1-5H3. The lowest BCUT2D eigenvalue weighted by molar-refractivity contribution is -0.117. The van der Waals surface area contributed by atoms with E-state index in [0.717, 1.165) is 11.4 Å². The number of carbonyl (C=O) groups excluding carboxylic acids is 2. The van der Waals surface area contributed by atoms with Crippen LogP contribution in [0.5, 0.6) is 0 Å². The Balaban J connectivity index is 1.83. The van der Waals surface area contributed by atoms with Crippen LogP contribution in [0.15, 0.2) is 6.20 Å². The number of hydrogen-bond donors (Lipinski definition) is 1. The Bertz CT molecular complexity index is 678. The lowest BCUT2D eigenvalue weighted by Gasteiger charge is -2.36. The molecule has 0 aliphatic carbocycles. The van der Waals surface area contributed by atoms with Gasteiger partial charge in [-0.2, -0.15) is 5.10 Å². The van der Waals surface area contributed by atoms with Gasteiger partial charge in [-0.15, -0.1) is 0 Å². The van der Waals surface area contributed by atoms with Crippen molar-refractivity contribution in [3.63, 3.8) is 0 Å². The zero-order valence-electron chi connectivity index (χ0n) is 15.6. The first kappa shape index (κ1) is 17.7. The molecular formula is C17H27N5O3. The molecule has 138 valence electrons. The minimum absolute atomic E-state index is 0.0190. The van der Waals surface area contributed by atoms with Gasteiger partial charge < -0.3 is 15.0 Å². The van der Waals surface area contributed by atoms with Gasteiger partial charge >= 0.3 is 6.09 Å². The lowest BCUT2D eigenvalue weighted by Crippen LogP contribution is -2.47. The third kappa shape index (κ3) is 3.49. The highest BCUT2D eigenvalue weighted by atomic mass is 16.6. The van der Waals surface area contributed by atoms with Crippen LogP contribution in [0.2, 0.25) is 0 Å². The molecule has 0 saturated carbocycles. The summed E-state index contributed by atoms with van der Waals surface area (Å²) in [7, 11) is 1.86. The molecule has 1 saturated heterocycles. The van der Waals surface area contributed by atoms with Crippen molar-refractivity contribution in [3.8, 4) is 0 Å². The second-order valence-corrected chi connectivity index (χ2v) is 7.81. The Morgan fingerprint density at radius 2 is 2.08 bits per heavy atom. The number of anilines is 1. The highest BCUT2D eigenvalue weighted by molar-refractivity contribution is 5.96. The fourth-order valence-electron chi connectivity index (χ4n) is 3.31. The molecule has 25 heavy (non-hydrogen) atoms. The third-order valence-corrected chi connectivity index (χ3v) is 4.67. The lowest BCUT2D eigenvalue weighted by atomic mass is 10.2. The Labute approximate surface area is 148 Å². The summed E-state index contributed by atoms with van der Waals surface area (Å²) in [5, 5.41) is 7.58. The van der Waals surface area contributed by atoms with Crippen molar-refractivity contribution in [3.05, 3.63) is 11.9 Å².